The summed E-state index contributed by atoms with van der Waals surface area (Å²) in [5.74, 6) is 0.754. The molecule has 4 heteroatoms. The van der Waals surface area contributed by atoms with Crippen LogP contribution < -0.4 is 5.32 Å². The highest BCUT2D eigenvalue weighted by Gasteiger charge is 1.98. The molecule has 0 aliphatic rings. The summed E-state index contributed by atoms with van der Waals surface area (Å²) in [6.45, 7) is 4.01. The molecule has 2 N–H and O–H groups in total. The summed E-state index contributed by atoms with van der Waals surface area (Å²) in [6.07, 6.45) is 1.44. The molecule has 0 fully saturated rings. The molecule has 12 heavy (non-hydrogen) atoms. The Bertz CT molecular complexity index is 250. The lowest BCUT2D eigenvalue weighted by atomic mass is 10.3. The number of aliphatic hydroxyl groups is 1. The quantitative estimate of drug-likeness (QED) is 0.698. The predicted octanol–water partition coefficient (Wildman–Crippen LogP) is 0.789. The lowest BCUT2D eigenvalue weighted by molar-refractivity contribution is 0.276. The van der Waals surface area contributed by atoms with Gasteiger partial charge >= 0.3 is 0 Å². The van der Waals surface area contributed by atoms with E-state index in [0.29, 0.717) is 11.7 Å². The van der Waals surface area contributed by atoms with Gasteiger partial charge in [-0.15, -0.1) is 0 Å². The van der Waals surface area contributed by atoms with E-state index >= 15 is 0 Å². The summed E-state index contributed by atoms with van der Waals surface area (Å²) < 4.78 is 0. The predicted molar refractivity (Wildman–Crippen MR) is 46.7 cm³/mol. The molecule has 4 nitrogen and oxygen atoms in total. The van der Waals surface area contributed by atoms with Gasteiger partial charge < -0.3 is 10.4 Å². The molecule has 0 unspecified atom stereocenters. The topological polar surface area (TPSA) is 58.0 Å². The van der Waals surface area contributed by atoms with Crippen molar-refractivity contribution in [2.75, 3.05) is 5.32 Å². The maximum Gasteiger partial charge on any atom is 0.129 e. The van der Waals surface area contributed by atoms with Gasteiger partial charge in [0, 0.05) is 12.1 Å². The normalized spacial score (nSPS) is 10.3. The molecule has 0 aromatic carbocycles. The van der Waals surface area contributed by atoms with Crippen LogP contribution in [-0.2, 0) is 6.61 Å². The van der Waals surface area contributed by atoms with Crippen LogP contribution in [0.5, 0.6) is 0 Å². The molecule has 1 aromatic heterocycles. The lowest BCUT2D eigenvalue weighted by Crippen LogP contribution is -2.11. The highest BCUT2D eigenvalue weighted by Crippen LogP contribution is 2.04. The third-order valence-electron chi connectivity index (χ3n) is 1.32. The Morgan fingerprint density at radius 2 is 2.25 bits per heavy atom. The van der Waals surface area contributed by atoms with Crippen molar-refractivity contribution in [2.24, 2.45) is 0 Å². The van der Waals surface area contributed by atoms with E-state index in [1.807, 2.05) is 13.8 Å². The fraction of sp³-hybridized carbons (Fsp3) is 0.500. The maximum absolute atomic E-state index is 8.78. The minimum absolute atomic E-state index is 0.0463. The molecule has 0 saturated heterocycles. The lowest BCUT2D eigenvalue weighted by Gasteiger charge is -2.08. The van der Waals surface area contributed by atoms with E-state index in [1.165, 1.54) is 6.33 Å². The molecule has 0 bridgehead atoms. The van der Waals surface area contributed by atoms with Crippen LogP contribution in [0, 0.1) is 0 Å². The second kappa shape index (κ2) is 4.01. The maximum atomic E-state index is 8.78. The fourth-order valence-corrected chi connectivity index (χ4v) is 0.859. The van der Waals surface area contributed by atoms with Crippen molar-refractivity contribution < 1.29 is 5.11 Å². The molecule has 1 heterocycles. The third kappa shape index (κ3) is 2.47. The Labute approximate surface area is 71.7 Å². The summed E-state index contributed by atoms with van der Waals surface area (Å²) in [5, 5.41) is 11.9. The van der Waals surface area contributed by atoms with E-state index < -0.39 is 0 Å². The fourth-order valence-electron chi connectivity index (χ4n) is 0.859. The van der Waals surface area contributed by atoms with Crippen molar-refractivity contribution in [3.05, 3.63) is 18.1 Å². The van der Waals surface area contributed by atoms with Crippen molar-refractivity contribution in [1.29, 1.82) is 0 Å². The van der Waals surface area contributed by atoms with Crippen LogP contribution >= 0.6 is 0 Å². The Morgan fingerprint density at radius 3 is 2.83 bits per heavy atom. The van der Waals surface area contributed by atoms with Crippen molar-refractivity contribution in [3.8, 4) is 0 Å². The zero-order valence-corrected chi connectivity index (χ0v) is 7.28. The van der Waals surface area contributed by atoms with Gasteiger partial charge in [-0.3, -0.25) is 0 Å². The van der Waals surface area contributed by atoms with Crippen LogP contribution in [0.2, 0.25) is 0 Å². The number of nitrogens with zero attached hydrogens (tertiary/aromatic N) is 2. The summed E-state index contributed by atoms with van der Waals surface area (Å²) in [4.78, 5) is 7.86. The largest absolute Gasteiger partial charge is 0.390 e. The van der Waals surface area contributed by atoms with Gasteiger partial charge in [-0.25, -0.2) is 9.97 Å². The van der Waals surface area contributed by atoms with Crippen molar-refractivity contribution in [3.63, 3.8) is 0 Å². The van der Waals surface area contributed by atoms with Crippen molar-refractivity contribution >= 4 is 5.82 Å². The Kier molecular flexibility index (Phi) is 2.99. The van der Waals surface area contributed by atoms with Gasteiger partial charge in [0.05, 0.1) is 12.3 Å². The van der Waals surface area contributed by atoms with E-state index in [1.54, 1.807) is 6.07 Å². The molecule has 1 aromatic rings. The van der Waals surface area contributed by atoms with E-state index in [2.05, 4.69) is 15.3 Å². The number of hydrogen-bond donors (Lipinski definition) is 2. The number of anilines is 1. The van der Waals surface area contributed by atoms with Crippen LogP contribution in [0.4, 0.5) is 5.82 Å². The van der Waals surface area contributed by atoms with Crippen LogP contribution in [0.15, 0.2) is 12.4 Å². The van der Waals surface area contributed by atoms with E-state index in [9.17, 15) is 0 Å². The molecule has 66 valence electrons. The summed E-state index contributed by atoms with van der Waals surface area (Å²) in [6, 6.07) is 2.08. The van der Waals surface area contributed by atoms with Gasteiger partial charge in [-0.05, 0) is 13.8 Å². The standard InChI is InChI=1S/C8H13N3O/c1-6(2)11-8-3-7(4-12)9-5-10-8/h3,5-6,12H,4H2,1-2H3,(H,9,10,11). The summed E-state index contributed by atoms with van der Waals surface area (Å²) >= 11 is 0. The van der Waals surface area contributed by atoms with Crippen LogP contribution in [-0.4, -0.2) is 21.1 Å². The second-order valence-corrected chi connectivity index (χ2v) is 2.85. The second-order valence-electron chi connectivity index (χ2n) is 2.85. The molecule has 0 atom stereocenters. The van der Waals surface area contributed by atoms with Crippen molar-refractivity contribution in [2.45, 2.75) is 26.5 Å². The molecule has 1 rings (SSSR count). The SMILES string of the molecule is CC(C)Nc1cc(CO)ncn1. The zero-order chi connectivity index (χ0) is 8.97. The number of nitrogens with one attached hydrogen (secondary N) is 1. The van der Waals surface area contributed by atoms with Gasteiger partial charge in [0.15, 0.2) is 0 Å². The summed E-state index contributed by atoms with van der Waals surface area (Å²) in [5.41, 5.74) is 0.633. The molecule has 0 saturated carbocycles. The average molecular weight is 167 g/mol. The van der Waals surface area contributed by atoms with E-state index in [-0.39, 0.29) is 6.61 Å². The van der Waals surface area contributed by atoms with Crippen LogP contribution in [0.1, 0.15) is 19.5 Å². The van der Waals surface area contributed by atoms with Gasteiger partial charge in [0.1, 0.15) is 12.1 Å². The van der Waals surface area contributed by atoms with Crippen LogP contribution in [0.3, 0.4) is 0 Å². The van der Waals surface area contributed by atoms with Crippen molar-refractivity contribution in [1.82, 2.24) is 9.97 Å². The molecule has 0 aliphatic heterocycles. The first-order valence-electron chi connectivity index (χ1n) is 3.90. The van der Waals surface area contributed by atoms with E-state index in [0.717, 1.165) is 5.82 Å². The Balaban J connectivity index is 2.72. The number of hydrogen-bond acceptors (Lipinski definition) is 4. The highest BCUT2D eigenvalue weighted by molar-refractivity contribution is 5.35. The first kappa shape index (κ1) is 8.93. The first-order valence-corrected chi connectivity index (χ1v) is 3.90. The van der Waals surface area contributed by atoms with E-state index in [4.69, 9.17) is 5.11 Å². The third-order valence-corrected chi connectivity index (χ3v) is 1.32. The molecule has 0 aliphatic carbocycles. The average Bonchev–Trinajstić information content (AvgIpc) is 2.03. The summed E-state index contributed by atoms with van der Waals surface area (Å²) in [7, 11) is 0. The van der Waals surface area contributed by atoms with Gasteiger partial charge in [-0.1, -0.05) is 0 Å². The molecule has 0 amide bonds. The highest BCUT2D eigenvalue weighted by atomic mass is 16.3. The Morgan fingerprint density at radius 1 is 1.50 bits per heavy atom. The monoisotopic (exact) mass is 167 g/mol. The van der Waals surface area contributed by atoms with Gasteiger partial charge in [0.25, 0.3) is 0 Å². The minimum atomic E-state index is -0.0463. The van der Waals surface area contributed by atoms with Gasteiger partial charge in [-0.2, -0.15) is 0 Å². The number of aromatic nitrogens is 2. The molecule has 0 radical (unpaired) electrons. The number of aliphatic hydroxyl groups excluding tert-OH is 1. The smallest absolute Gasteiger partial charge is 0.129 e. The molecular formula is C8H13N3O. The number of rotatable bonds is 3. The first-order chi connectivity index (χ1) is 5.72. The Hall–Kier alpha value is -1.16. The minimum Gasteiger partial charge on any atom is -0.390 e. The molecular weight excluding hydrogens is 154 g/mol. The molecule has 0 spiro atoms. The van der Waals surface area contributed by atoms with Gasteiger partial charge in [0.2, 0.25) is 0 Å². The van der Waals surface area contributed by atoms with Crippen LogP contribution in [0.25, 0.3) is 0 Å². The zero-order valence-electron chi connectivity index (χ0n) is 7.28.